The van der Waals surface area contributed by atoms with Crippen LogP contribution in [0.5, 0.6) is 5.75 Å². The molecule has 1 aromatic heterocycles. The molecule has 0 bridgehead atoms. The molecule has 0 spiro atoms. The Balaban J connectivity index is 1.99. The molecule has 1 aromatic carbocycles. The van der Waals surface area contributed by atoms with Gasteiger partial charge < -0.3 is 15.0 Å². The number of nitrogens with one attached hydrogen (secondary N) is 2. The normalized spacial score (nSPS) is 22.6. The number of pyridine rings is 1. The summed E-state index contributed by atoms with van der Waals surface area (Å²) in [7, 11) is -2.04. The molecular formula is C20H22F4N4O3S. The van der Waals surface area contributed by atoms with Crippen molar-refractivity contribution in [1.82, 2.24) is 4.98 Å². The van der Waals surface area contributed by atoms with Crippen LogP contribution in [0.2, 0.25) is 0 Å². The van der Waals surface area contributed by atoms with E-state index in [2.05, 4.69) is 10.3 Å². The van der Waals surface area contributed by atoms with Gasteiger partial charge in [0.1, 0.15) is 11.1 Å². The highest BCUT2D eigenvalue weighted by Gasteiger charge is 2.50. The van der Waals surface area contributed by atoms with Gasteiger partial charge in [-0.3, -0.25) is 4.79 Å². The minimum Gasteiger partial charge on any atom is -0.491 e. The Morgan fingerprint density at radius 3 is 2.66 bits per heavy atom. The summed E-state index contributed by atoms with van der Waals surface area (Å²) in [6.45, 7) is 1.00. The molecule has 2 N–H and O–H groups in total. The summed E-state index contributed by atoms with van der Waals surface area (Å²) >= 11 is 0. The first kappa shape index (κ1) is 23.8. The summed E-state index contributed by atoms with van der Waals surface area (Å²) in [4.78, 5) is 18.2. The van der Waals surface area contributed by atoms with Crippen molar-refractivity contribution in [3.8, 4) is 5.75 Å². The quantitative estimate of drug-likeness (QED) is 0.620. The van der Waals surface area contributed by atoms with E-state index in [4.69, 9.17) is 9.52 Å². The molecule has 7 nitrogen and oxygen atoms in total. The molecule has 2 aromatic rings. The minimum absolute atomic E-state index is 0.0333. The number of halogens is 4. The highest BCUT2D eigenvalue weighted by molar-refractivity contribution is 7.91. The minimum atomic E-state index is -3.15. The molecule has 2 heterocycles. The maximum atomic E-state index is 14.3. The number of benzene rings is 1. The predicted octanol–water partition coefficient (Wildman–Crippen LogP) is 3.89. The van der Waals surface area contributed by atoms with Gasteiger partial charge in [-0.1, -0.05) is 6.92 Å². The van der Waals surface area contributed by atoms with E-state index in [1.165, 1.54) is 42.5 Å². The molecule has 3 unspecified atom stereocenters. The van der Waals surface area contributed by atoms with Crippen molar-refractivity contribution >= 4 is 27.0 Å². The largest absolute Gasteiger partial charge is 0.491 e. The van der Waals surface area contributed by atoms with Crippen LogP contribution in [0.1, 0.15) is 13.3 Å². The summed E-state index contributed by atoms with van der Waals surface area (Å²) in [6, 6.07) is 3.51. The van der Waals surface area contributed by atoms with Gasteiger partial charge in [0.05, 0.1) is 22.5 Å². The summed E-state index contributed by atoms with van der Waals surface area (Å²) in [5, 5.41) is 2.50. The highest BCUT2D eigenvalue weighted by Crippen LogP contribution is 2.45. The summed E-state index contributed by atoms with van der Waals surface area (Å²) < 4.78 is 80.1. The molecule has 0 radical (unpaired) electrons. The lowest BCUT2D eigenvalue weighted by atomic mass is 9.88. The number of aromatic nitrogens is 1. The van der Waals surface area contributed by atoms with Gasteiger partial charge in [-0.05, 0) is 30.7 Å². The fraction of sp³-hybridized carbons (Fsp3) is 0.400. The number of hydrogen-bond acceptors (Lipinski definition) is 6. The molecular weight excluding hydrogens is 452 g/mol. The van der Waals surface area contributed by atoms with Gasteiger partial charge >= 0.3 is 0 Å². The summed E-state index contributed by atoms with van der Waals surface area (Å²) in [5.41, 5.74) is -1.46. The van der Waals surface area contributed by atoms with Crippen molar-refractivity contribution in [2.75, 3.05) is 30.1 Å². The summed E-state index contributed by atoms with van der Waals surface area (Å²) in [6.07, 6.45) is -0.612. The monoisotopic (exact) mass is 474 g/mol. The van der Waals surface area contributed by atoms with E-state index in [1.807, 2.05) is 0 Å². The van der Waals surface area contributed by atoms with E-state index in [0.29, 0.717) is 0 Å². The van der Waals surface area contributed by atoms with Gasteiger partial charge in [0.25, 0.3) is 0 Å². The Bertz CT molecular complexity index is 1150. The first-order chi connectivity index (χ1) is 14.9. The van der Waals surface area contributed by atoms with Gasteiger partial charge in [-0.25, -0.2) is 27.1 Å². The number of carbonyl (C=O) groups is 1. The lowest BCUT2D eigenvalue weighted by Gasteiger charge is -2.28. The Hall–Kier alpha value is -2.89. The van der Waals surface area contributed by atoms with Gasteiger partial charge in [0, 0.05) is 30.1 Å². The van der Waals surface area contributed by atoms with E-state index in [-0.39, 0.29) is 29.4 Å². The molecule has 174 valence electrons. The van der Waals surface area contributed by atoms with Crippen LogP contribution in [0.25, 0.3) is 0 Å². The Labute approximate surface area is 182 Å². The standard InChI is InChI=1S/C20H22F4N4O3S/c1-20(19(23)24)9-14(18(29)27-11-6-7-26-15(8-11)32(3,25)30)28(10-20)13-5-4-12(21)16(22)17(13)31-2/h4-8,14,19,25H,9-10H2,1-3H3,(H,26,27,29). The molecule has 32 heavy (non-hydrogen) atoms. The van der Waals surface area contributed by atoms with Crippen LogP contribution >= 0.6 is 0 Å². The van der Waals surface area contributed by atoms with Crippen LogP contribution in [0.4, 0.5) is 28.9 Å². The van der Waals surface area contributed by atoms with E-state index < -0.39 is 50.9 Å². The zero-order chi connectivity index (χ0) is 23.8. The van der Waals surface area contributed by atoms with Crippen LogP contribution in [-0.2, 0) is 14.5 Å². The third kappa shape index (κ3) is 4.50. The molecule has 0 saturated carbocycles. The number of ether oxygens (including phenoxy) is 1. The van der Waals surface area contributed by atoms with E-state index >= 15 is 0 Å². The van der Waals surface area contributed by atoms with Crippen LogP contribution in [0, 0.1) is 21.8 Å². The lowest BCUT2D eigenvalue weighted by molar-refractivity contribution is -0.117. The average molecular weight is 474 g/mol. The molecule has 3 rings (SSSR count). The van der Waals surface area contributed by atoms with Crippen molar-refractivity contribution in [3.63, 3.8) is 0 Å². The topological polar surface area (TPSA) is 95.4 Å². The second kappa shape index (κ2) is 8.57. The van der Waals surface area contributed by atoms with Gasteiger partial charge in [0.15, 0.2) is 11.6 Å². The van der Waals surface area contributed by atoms with Crippen LogP contribution < -0.4 is 15.0 Å². The number of alkyl halides is 2. The number of hydrogen-bond donors (Lipinski definition) is 2. The van der Waals surface area contributed by atoms with Crippen LogP contribution in [-0.4, -0.2) is 47.5 Å². The Kier molecular flexibility index (Phi) is 6.36. The maximum Gasteiger partial charge on any atom is 0.247 e. The zero-order valence-corrected chi connectivity index (χ0v) is 18.3. The number of carbonyl (C=O) groups excluding carboxylic acids is 1. The zero-order valence-electron chi connectivity index (χ0n) is 17.5. The third-order valence-corrected chi connectivity index (χ3v) is 6.36. The van der Waals surface area contributed by atoms with Gasteiger partial charge in [-0.2, -0.15) is 4.39 Å². The van der Waals surface area contributed by atoms with Crippen LogP contribution in [0.15, 0.2) is 35.5 Å². The number of amides is 1. The fourth-order valence-corrected chi connectivity index (χ4v) is 4.24. The molecule has 1 saturated heterocycles. The maximum absolute atomic E-state index is 14.3. The van der Waals surface area contributed by atoms with Gasteiger partial charge in [-0.15, -0.1) is 0 Å². The van der Waals surface area contributed by atoms with Crippen molar-refractivity contribution in [3.05, 3.63) is 42.1 Å². The van der Waals surface area contributed by atoms with Gasteiger partial charge in [0.2, 0.25) is 18.1 Å². The molecule has 12 heteroatoms. The molecule has 1 amide bonds. The van der Waals surface area contributed by atoms with Crippen LogP contribution in [0.3, 0.4) is 0 Å². The SMILES string of the molecule is COc1c(N2CC(C)(C(F)F)CC2C(=O)Nc2ccnc(S(C)(=N)=O)c2)ccc(F)c1F. The Morgan fingerprint density at radius 1 is 1.38 bits per heavy atom. The molecule has 1 aliphatic rings. The molecule has 0 aliphatic carbocycles. The lowest BCUT2D eigenvalue weighted by Crippen LogP contribution is -2.40. The summed E-state index contributed by atoms with van der Waals surface area (Å²) in [5.74, 6) is -3.65. The van der Waals surface area contributed by atoms with Crippen molar-refractivity contribution < 1.29 is 31.3 Å². The smallest absolute Gasteiger partial charge is 0.247 e. The molecule has 1 aliphatic heterocycles. The van der Waals surface area contributed by atoms with E-state index in [9.17, 15) is 26.6 Å². The van der Waals surface area contributed by atoms with Crippen molar-refractivity contribution in [1.29, 1.82) is 4.78 Å². The first-order valence-corrected chi connectivity index (χ1v) is 11.4. The number of anilines is 2. The average Bonchev–Trinajstić information content (AvgIpc) is 3.08. The van der Waals surface area contributed by atoms with Crippen molar-refractivity contribution in [2.24, 2.45) is 5.41 Å². The molecule has 1 fully saturated rings. The Morgan fingerprint density at radius 2 is 2.06 bits per heavy atom. The number of nitrogens with zero attached hydrogens (tertiary/aromatic N) is 2. The second-order valence-electron chi connectivity index (χ2n) is 7.93. The first-order valence-electron chi connectivity index (χ1n) is 9.45. The highest BCUT2D eigenvalue weighted by atomic mass is 32.2. The molecule has 3 atom stereocenters. The number of rotatable bonds is 6. The van der Waals surface area contributed by atoms with E-state index in [0.717, 1.165) is 13.2 Å². The third-order valence-electron chi connectivity index (χ3n) is 5.34. The second-order valence-corrected chi connectivity index (χ2v) is 10.0. The van der Waals surface area contributed by atoms with Crippen molar-refractivity contribution in [2.45, 2.75) is 30.8 Å². The fourth-order valence-electron chi connectivity index (χ4n) is 3.63. The predicted molar refractivity (Wildman–Crippen MR) is 111 cm³/mol. The van der Waals surface area contributed by atoms with E-state index in [1.54, 1.807) is 0 Å². The number of methoxy groups -OCH3 is 1.